The number of anilines is 2. The quantitative estimate of drug-likeness (QED) is 0.429. The molecular formula is C26H28N2O6S. The van der Waals surface area contributed by atoms with Gasteiger partial charge in [0.05, 0.1) is 24.1 Å². The molecule has 35 heavy (non-hydrogen) atoms. The van der Waals surface area contributed by atoms with E-state index in [1.54, 1.807) is 56.3 Å². The molecule has 3 aromatic rings. The molecule has 9 heteroatoms. The van der Waals surface area contributed by atoms with E-state index in [1.807, 2.05) is 30.3 Å². The highest BCUT2D eigenvalue weighted by atomic mass is 32.2. The topological polar surface area (TPSA) is 102 Å². The number of esters is 1. The van der Waals surface area contributed by atoms with Crippen LogP contribution < -0.4 is 14.4 Å². The van der Waals surface area contributed by atoms with Crippen LogP contribution >= 0.6 is 0 Å². The summed E-state index contributed by atoms with van der Waals surface area (Å²) in [6, 6.07) is 19.4. The Bertz CT molecular complexity index is 1290. The second-order valence-corrected chi connectivity index (χ2v) is 9.69. The van der Waals surface area contributed by atoms with Crippen LogP contribution in [0.1, 0.15) is 29.8 Å². The van der Waals surface area contributed by atoms with Gasteiger partial charge in [-0.25, -0.2) is 13.2 Å². The molecule has 0 aromatic heterocycles. The van der Waals surface area contributed by atoms with Gasteiger partial charge in [-0.05, 0) is 74.9 Å². The Kier molecular flexibility index (Phi) is 8.14. The number of nitrogens with zero attached hydrogens (tertiary/aromatic N) is 1. The summed E-state index contributed by atoms with van der Waals surface area (Å²) >= 11 is 0. The van der Waals surface area contributed by atoms with Gasteiger partial charge in [-0.15, -0.1) is 0 Å². The Morgan fingerprint density at radius 2 is 1.57 bits per heavy atom. The summed E-state index contributed by atoms with van der Waals surface area (Å²) < 4.78 is 37.1. The molecule has 0 bridgehead atoms. The fourth-order valence-corrected chi connectivity index (χ4v) is 4.71. The summed E-state index contributed by atoms with van der Waals surface area (Å²) in [7, 11) is -3.81. The van der Waals surface area contributed by atoms with Crippen molar-refractivity contribution >= 4 is 33.3 Å². The predicted octanol–water partition coefficient (Wildman–Crippen LogP) is 4.76. The van der Waals surface area contributed by atoms with E-state index in [2.05, 4.69) is 5.32 Å². The standard InChI is InChI=1S/C26H28N2O6S/c1-5-33-26(30)23-12-9-13-24(18(23)2)27-25(29)19(3)28(35(4,31)32)20-14-16-22(17-15-20)34-21-10-7-6-8-11-21/h6-17,19H,5H2,1-4H3,(H,27,29)/t19-/m0/s1. The lowest BCUT2D eigenvalue weighted by Gasteiger charge is -2.28. The lowest BCUT2D eigenvalue weighted by atomic mass is 10.1. The lowest BCUT2D eigenvalue weighted by Crippen LogP contribution is -2.45. The van der Waals surface area contributed by atoms with Gasteiger partial charge in [0.2, 0.25) is 15.9 Å². The van der Waals surface area contributed by atoms with Crippen molar-refractivity contribution in [1.82, 2.24) is 0 Å². The molecule has 0 aliphatic carbocycles. The first-order valence-corrected chi connectivity index (χ1v) is 12.9. The zero-order valence-corrected chi connectivity index (χ0v) is 20.8. The summed E-state index contributed by atoms with van der Waals surface area (Å²) in [4.78, 5) is 25.3. The van der Waals surface area contributed by atoms with E-state index in [4.69, 9.17) is 9.47 Å². The number of para-hydroxylation sites is 1. The maximum atomic E-state index is 13.1. The lowest BCUT2D eigenvalue weighted by molar-refractivity contribution is -0.116. The minimum Gasteiger partial charge on any atom is -0.462 e. The van der Waals surface area contributed by atoms with Crippen LogP contribution in [0.15, 0.2) is 72.8 Å². The molecule has 0 saturated carbocycles. The van der Waals surface area contributed by atoms with Crippen LogP contribution in [-0.4, -0.2) is 39.2 Å². The van der Waals surface area contributed by atoms with Gasteiger partial charge in [0.15, 0.2) is 0 Å². The molecular weight excluding hydrogens is 468 g/mol. The summed E-state index contributed by atoms with van der Waals surface area (Å²) in [5.41, 5.74) is 1.56. The van der Waals surface area contributed by atoms with E-state index in [9.17, 15) is 18.0 Å². The van der Waals surface area contributed by atoms with E-state index in [-0.39, 0.29) is 6.61 Å². The van der Waals surface area contributed by atoms with Crippen LogP contribution in [0.5, 0.6) is 11.5 Å². The third kappa shape index (κ3) is 6.39. The molecule has 1 amide bonds. The highest BCUT2D eigenvalue weighted by Crippen LogP contribution is 2.28. The van der Waals surface area contributed by atoms with Gasteiger partial charge in [0, 0.05) is 5.69 Å². The van der Waals surface area contributed by atoms with Gasteiger partial charge in [-0.3, -0.25) is 9.10 Å². The van der Waals surface area contributed by atoms with Crippen molar-refractivity contribution in [3.63, 3.8) is 0 Å². The molecule has 0 unspecified atom stereocenters. The van der Waals surface area contributed by atoms with Crippen molar-refractivity contribution in [3.8, 4) is 11.5 Å². The Balaban J connectivity index is 1.82. The smallest absolute Gasteiger partial charge is 0.338 e. The maximum absolute atomic E-state index is 13.1. The SMILES string of the molecule is CCOC(=O)c1cccc(NC(=O)[C@H](C)N(c2ccc(Oc3ccccc3)cc2)S(C)(=O)=O)c1C. The van der Waals surface area contributed by atoms with Gasteiger partial charge < -0.3 is 14.8 Å². The van der Waals surface area contributed by atoms with E-state index in [0.717, 1.165) is 10.6 Å². The van der Waals surface area contributed by atoms with Crippen molar-refractivity contribution in [1.29, 1.82) is 0 Å². The minimum atomic E-state index is -3.81. The van der Waals surface area contributed by atoms with Crippen molar-refractivity contribution in [2.24, 2.45) is 0 Å². The second-order valence-electron chi connectivity index (χ2n) is 7.83. The second kappa shape index (κ2) is 11.1. The molecule has 8 nitrogen and oxygen atoms in total. The molecule has 0 aliphatic heterocycles. The zero-order valence-electron chi connectivity index (χ0n) is 20.0. The molecule has 3 aromatic carbocycles. The molecule has 1 N–H and O–H groups in total. The van der Waals surface area contributed by atoms with Gasteiger partial charge in [-0.2, -0.15) is 0 Å². The largest absolute Gasteiger partial charge is 0.462 e. The number of hydrogen-bond donors (Lipinski definition) is 1. The van der Waals surface area contributed by atoms with Gasteiger partial charge >= 0.3 is 5.97 Å². The van der Waals surface area contributed by atoms with Crippen molar-refractivity contribution in [3.05, 3.63) is 83.9 Å². The van der Waals surface area contributed by atoms with Crippen molar-refractivity contribution < 1.29 is 27.5 Å². The van der Waals surface area contributed by atoms with Crippen LogP contribution in [0.3, 0.4) is 0 Å². The normalized spacial score (nSPS) is 11.9. The average Bonchev–Trinajstić information content (AvgIpc) is 2.81. The molecule has 0 aliphatic rings. The van der Waals surface area contributed by atoms with Gasteiger partial charge in [0.25, 0.3) is 0 Å². The molecule has 0 saturated heterocycles. The summed E-state index contributed by atoms with van der Waals surface area (Å²) in [5.74, 6) is 0.124. The first-order chi connectivity index (χ1) is 16.6. The van der Waals surface area contributed by atoms with E-state index < -0.39 is 27.9 Å². The number of rotatable bonds is 9. The van der Waals surface area contributed by atoms with Crippen molar-refractivity contribution in [2.45, 2.75) is 26.8 Å². The van der Waals surface area contributed by atoms with Crippen molar-refractivity contribution in [2.75, 3.05) is 22.5 Å². The van der Waals surface area contributed by atoms with E-state index >= 15 is 0 Å². The summed E-state index contributed by atoms with van der Waals surface area (Å²) in [6.07, 6.45) is 1.04. The predicted molar refractivity (Wildman–Crippen MR) is 136 cm³/mol. The van der Waals surface area contributed by atoms with E-state index in [0.29, 0.717) is 34.0 Å². The highest BCUT2D eigenvalue weighted by Gasteiger charge is 2.29. The number of sulfonamides is 1. The van der Waals surface area contributed by atoms with Crippen LogP contribution in [0, 0.1) is 6.92 Å². The Hall–Kier alpha value is -3.85. The number of benzene rings is 3. The average molecular weight is 497 g/mol. The summed E-state index contributed by atoms with van der Waals surface area (Å²) in [5, 5.41) is 2.74. The van der Waals surface area contributed by atoms with Crippen LogP contribution in [0.2, 0.25) is 0 Å². The molecule has 0 radical (unpaired) electrons. The Morgan fingerprint density at radius 3 is 2.17 bits per heavy atom. The number of carbonyl (C=O) groups excluding carboxylic acids is 2. The number of ether oxygens (including phenoxy) is 2. The minimum absolute atomic E-state index is 0.227. The Morgan fingerprint density at radius 1 is 0.943 bits per heavy atom. The number of hydrogen-bond acceptors (Lipinski definition) is 6. The first-order valence-electron chi connectivity index (χ1n) is 11.0. The van der Waals surface area contributed by atoms with Gasteiger partial charge in [0.1, 0.15) is 17.5 Å². The molecule has 3 rings (SSSR count). The Labute approximate surface area is 205 Å². The number of nitrogens with one attached hydrogen (secondary N) is 1. The van der Waals surface area contributed by atoms with E-state index in [1.165, 1.54) is 6.92 Å². The zero-order chi connectivity index (χ0) is 25.6. The third-order valence-corrected chi connectivity index (χ3v) is 6.49. The molecule has 0 fully saturated rings. The van der Waals surface area contributed by atoms with Crippen LogP contribution in [0.25, 0.3) is 0 Å². The molecule has 1 atom stereocenters. The molecule has 0 heterocycles. The fraction of sp³-hybridized carbons (Fsp3) is 0.231. The monoisotopic (exact) mass is 496 g/mol. The van der Waals surface area contributed by atoms with Gasteiger partial charge in [-0.1, -0.05) is 24.3 Å². The molecule has 0 spiro atoms. The maximum Gasteiger partial charge on any atom is 0.338 e. The number of amides is 1. The summed E-state index contributed by atoms with van der Waals surface area (Å²) in [6.45, 7) is 5.12. The fourth-order valence-electron chi connectivity index (χ4n) is 3.53. The highest BCUT2D eigenvalue weighted by molar-refractivity contribution is 7.92. The third-order valence-electron chi connectivity index (χ3n) is 5.25. The first kappa shape index (κ1) is 25.8. The van der Waals surface area contributed by atoms with Crippen LogP contribution in [0.4, 0.5) is 11.4 Å². The molecule has 184 valence electrons. The van der Waals surface area contributed by atoms with Crippen LogP contribution in [-0.2, 0) is 19.6 Å². The number of carbonyl (C=O) groups is 2.